The molecule has 0 N–H and O–H groups in total. The fourth-order valence-electron chi connectivity index (χ4n) is 3.44. The summed E-state index contributed by atoms with van der Waals surface area (Å²) in [5.74, 6) is 1.11. The smallest absolute Gasteiger partial charge is 0.262 e. The van der Waals surface area contributed by atoms with E-state index in [1.807, 2.05) is 22.8 Å². The second-order valence-corrected chi connectivity index (χ2v) is 8.84. The molecule has 9 heteroatoms. The largest absolute Gasteiger partial charge is 0.339 e. The zero-order valence-corrected chi connectivity index (χ0v) is 16.0. The van der Waals surface area contributed by atoms with Gasteiger partial charge < -0.3 is 9.13 Å². The molecule has 0 saturated carbocycles. The quantitative estimate of drug-likeness (QED) is 0.638. The highest BCUT2D eigenvalue weighted by molar-refractivity contribution is 7.89. The maximum absolute atomic E-state index is 12.7. The van der Waals surface area contributed by atoms with Gasteiger partial charge in [0, 0.05) is 32.8 Å². The Morgan fingerprint density at radius 1 is 1.19 bits per heavy atom. The molecule has 3 aromatic rings. The zero-order valence-electron chi connectivity index (χ0n) is 15.1. The lowest BCUT2D eigenvalue weighted by Crippen LogP contribution is -2.29. The third-order valence-electron chi connectivity index (χ3n) is 4.90. The first-order chi connectivity index (χ1) is 13.0. The summed E-state index contributed by atoms with van der Waals surface area (Å²) >= 11 is 0. The van der Waals surface area contributed by atoms with Crippen LogP contribution in [0, 0.1) is 5.92 Å². The van der Waals surface area contributed by atoms with E-state index in [-0.39, 0.29) is 10.9 Å². The summed E-state index contributed by atoms with van der Waals surface area (Å²) in [7, 11) is -1.77. The Morgan fingerprint density at radius 2 is 2.00 bits per heavy atom. The van der Waals surface area contributed by atoms with Crippen LogP contribution < -0.4 is 0 Å². The van der Waals surface area contributed by atoms with Crippen molar-refractivity contribution in [2.75, 3.05) is 13.1 Å². The van der Waals surface area contributed by atoms with Gasteiger partial charge in [0.25, 0.3) is 10.0 Å². The predicted octanol–water partition coefficient (Wildman–Crippen LogP) is 1.31. The van der Waals surface area contributed by atoms with Gasteiger partial charge >= 0.3 is 0 Å². The summed E-state index contributed by atoms with van der Waals surface area (Å²) in [6, 6.07) is 10.2. The topological polar surface area (TPSA) is 85.9 Å². The molecule has 3 heterocycles. The first kappa shape index (κ1) is 17.9. The third-order valence-corrected chi connectivity index (χ3v) is 6.65. The first-order valence-electron chi connectivity index (χ1n) is 8.91. The van der Waals surface area contributed by atoms with Crippen molar-refractivity contribution in [1.82, 2.24) is 28.6 Å². The van der Waals surface area contributed by atoms with Crippen molar-refractivity contribution in [3.63, 3.8) is 0 Å². The molecule has 27 heavy (non-hydrogen) atoms. The fourth-order valence-corrected chi connectivity index (χ4v) is 4.94. The lowest BCUT2D eigenvalue weighted by molar-refractivity contribution is 0.449. The molecule has 1 aliphatic rings. The van der Waals surface area contributed by atoms with Gasteiger partial charge in [-0.1, -0.05) is 30.3 Å². The summed E-state index contributed by atoms with van der Waals surface area (Å²) in [5.41, 5.74) is 1.18. The SMILES string of the molecule is Cn1cnc(S(=O)(=O)N2CCC(Cc3nncn3Cc3ccccc3)C2)c1. The summed E-state index contributed by atoms with van der Waals surface area (Å²) in [5, 5.41) is 8.41. The van der Waals surface area contributed by atoms with Crippen LogP contribution >= 0.6 is 0 Å². The van der Waals surface area contributed by atoms with Gasteiger partial charge in [-0.3, -0.25) is 0 Å². The standard InChI is InChI=1S/C18H22N6O2S/c1-22-12-18(19-13-22)27(25,26)24-8-7-16(11-24)9-17-21-20-14-23(17)10-15-5-3-2-4-6-15/h2-6,12-14,16H,7-11H2,1H3. The van der Waals surface area contributed by atoms with Crippen molar-refractivity contribution in [2.45, 2.75) is 24.4 Å². The van der Waals surface area contributed by atoms with Crippen LogP contribution in [0.3, 0.4) is 0 Å². The molecule has 0 aliphatic carbocycles. The van der Waals surface area contributed by atoms with Crippen molar-refractivity contribution < 1.29 is 8.42 Å². The number of imidazole rings is 1. The Bertz CT molecular complexity index is 1010. The highest BCUT2D eigenvalue weighted by Gasteiger charge is 2.34. The molecular formula is C18H22N6O2S. The maximum Gasteiger partial charge on any atom is 0.262 e. The zero-order chi connectivity index (χ0) is 18.9. The molecule has 8 nitrogen and oxygen atoms in total. The summed E-state index contributed by atoms with van der Waals surface area (Å²) in [6.07, 6.45) is 6.30. The van der Waals surface area contributed by atoms with Crippen molar-refractivity contribution in [2.24, 2.45) is 13.0 Å². The van der Waals surface area contributed by atoms with Gasteiger partial charge in [-0.05, 0) is 17.9 Å². The summed E-state index contributed by atoms with van der Waals surface area (Å²) in [4.78, 5) is 4.00. The fraction of sp³-hybridized carbons (Fsp3) is 0.389. The van der Waals surface area contributed by atoms with Crippen LogP contribution in [-0.4, -0.2) is 50.1 Å². The van der Waals surface area contributed by atoms with E-state index in [1.54, 1.807) is 24.1 Å². The van der Waals surface area contributed by atoms with Gasteiger partial charge in [-0.25, -0.2) is 13.4 Å². The van der Waals surface area contributed by atoms with E-state index < -0.39 is 10.0 Å². The lowest BCUT2D eigenvalue weighted by atomic mass is 10.0. The van der Waals surface area contributed by atoms with Crippen LogP contribution in [0.4, 0.5) is 0 Å². The number of hydrogen-bond acceptors (Lipinski definition) is 5. The van der Waals surface area contributed by atoms with E-state index in [9.17, 15) is 8.42 Å². The second-order valence-electron chi connectivity index (χ2n) is 6.96. The molecule has 1 unspecified atom stereocenters. The molecule has 0 amide bonds. The van der Waals surface area contributed by atoms with Gasteiger partial charge in [0.1, 0.15) is 12.2 Å². The molecule has 4 rings (SSSR count). The summed E-state index contributed by atoms with van der Waals surface area (Å²) in [6.45, 7) is 1.71. The highest BCUT2D eigenvalue weighted by Crippen LogP contribution is 2.25. The minimum Gasteiger partial charge on any atom is -0.339 e. The highest BCUT2D eigenvalue weighted by atomic mass is 32.2. The van der Waals surface area contributed by atoms with Gasteiger partial charge in [-0.2, -0.15) is 4.31 Å². The Hall–Kier alpha value is -2.52. The molecule has 0 radical (unpaired) electrons. The monoisotopic (exact) mass is 386 g/mol. The molecule has 0 spiro atoms. The van der Waals surface area contributed by atoms with Crippen LogP contribution in [-0.2, 0) is 30.0 Å². The number of hydrogen-bond donors (Lipinski definition) is 0. The van der Waals surface area contributed by atoms with Gasteiger partial charge in [0.15, 0.2) is 5.03 Å². The Labute approximate surface area is 158 Å². The number of aromatic nitrogens is 5. The van der Waals surface area contributed by atoms with E-state index in [4.69, 9.17) is 0 Å². The van der Waals surface area contributed by atoms with E-state index in [0.29, 0.717) is 26.1 Å². The molecule has 1 saturated heterocycles. The molecule has 1 fully saturated rings. The van der Waals surface area contributed by atoms with E-state index >= 15 is 0 Å². The Balaban J connectivity index is 1.43. The van der Waals surface area contributed by atoms with E-state index in [1.165, 1.54) is 16.2 Å². The first-order valence-corrected chi connectivity index (χ1v) is 10.3. The van der Waals surface area contributed by atoms with Crippen LogP contribution in [0.15, 0.2) is 54.2 Å². The molecular weight excluding hydrogens is 364 g/mol. The van der Waals surface area contributed by atoms with Crippen LogP contribution in [0.1, 0.15) is 17.8 Å². The number of sulfonamides is 1. The second kappa shape index (κ2) is 7.24. The summed E-state index contributed by atoms with van der Waals surface area (Å²) < 4.78 is 30.6. The van der Waals surface area contributed by atoms with E-state index in [2.05, 4.69) is 27.3 Å². The molecule has 1 aromatic carbocycles. The van der Waals surface area contributed by atoms with Gasteiger partial charge in [0.2, 0.25) is 0 Å². The average molecular weight is 386 g/mol. The van der Waals surface area contributed by atoms with Gasteiger partial charge in [0.05, 0.1) is 12.9 Å². The van der Waals surface area contributed by atoms with Crippen molar-refractivity contribution in [3.05, 3.63) is 60.6 Å². The van der Waals surface area contributed by atoms with Crippen LogP contribution in [0.2, 0.25) is 0 Å². The number of nitrogens with zero attached hydrogens (tertiary/aromatic N) is 6. The lowest BCUT2D eigenvalue weighted by Gasteiger charge is -2.15. The number of aryl methyl sites for hydroxylation is 1. The van der Waals surface area contributed by atoms with Crippen LogP contribution in [0.25, 0.3) is 0 Å². The normalized spacial score (nSPS) is 18.2. The van der Waals surface area contributed by atoms with Crippen molar-refractivity contribution in [3.8, 4) is 0 Å². The predicted molar refractivity (Wildman–Crippen MR) is 99.3 cm³/mol. The van der Waals surface area contributed by atoms with Crippen molar-refractivity contribution in [1.29, 1.82) is 0 Å². The number of rotatable bonds is 6. The number of benzene rings is 1. The minimum atomic E-state index is -3.53. The molecule has 0 bridgehead atoms. The maximum atomic E-state index is 12.7. The molecule has 142 valence electrons. The average Bonchev–Trinajstić information content (AvgIpc) is 3.39. The van der Waals surface area contributed by atoms with Gasteiger partial charge in [-0.15, -0.1) is 10.2 Å². The Kier molecular flexibility index (Phi) is 4.79. The third kappa shape index (κ3) is 3.79. The molecule has 1 atom stereocenters. The van der Waals surface area contributed by atoms with E-state index in [0.717, 1.165) is 12.2 Å². The molecule has 2 aromatic heterocycles. The Morgan fingerprint density at radius 3 is 2.74 bits per heavy atom. The van der Waals surface area contributed by atoms with Crippen molar-refractivity contribution >= 4 is 10.0 Å². The van der Waals surface area contributed by atoms with Crippen LogP contribution in [0.5, 0.6) is 0 Å². The molecule has 1 aliphatic heterocycles. The minimum absolute atomic E-state index is 0.109.